The highest BCUT2D eigenvalue weighted by Gasteiger charge is 2.33. The average molecular weight is 509 g/mol. The molecule has 0 unspecified atom stereocenters. The van der Waals surface area contributed by atoms with Crippen molar-refractivity contribution in [3.63, 3.8) is 0 Å². The van der Waals surface area contributed by atoms with Crippen LogP contribution in [0.1, 0.15) is 23.2 Å². The van der Waals surface area contributed by atoms with Crippen LogP contribution in [0.4, 0.5) is 17.1 Å². The smallest absolute Gasteiger partial charge is 0.289 e. The largest absolute Gasteiger partial charge is 0.339 e. The summed E-state index contributed by atoms with van der Waals surface area (Å²) in [5.41, 5.74) is 0.128. The number of rotatable bonds is 8. The summed E-state index contributed by atoms with van der Waals surface area (Å²) in [6, 6.07) is 19.4. The second-order valence-electron chi connectivity index (χ2n) is 8.17. The molecule has 1 saturated heterocycles. The molecule has 4 rings (SSSR count). The van der Waals surface area contributed by atoms with Crippen molar-refractivity contribution in [1.82, 2.24) is 4.90 Å². The van der Waals surface area contributed by atoms with Gasteiger partial charge in [-0.2, -0.15) is 0 Å². The summed E-state index contributed by atoms with van der Waals surface area (Å²) >= 11 is 0. The van der Waals surface area contributed by atoms with Crippen LogP contribution in [-0.2, 0) is 14.8 Å². The first kappa shape index (κ1) is 24.9. The van der Waals surface area contributed by atoms with Crippen molar-refractivity contribution in [1.29, 1.82) is 0 Å². The molecular weight excluding hydrogens is 484 g/mol. The zero-order chi connectivity index (χ0) is 25.7. The van der Waals surface area contributed by atoms with Crippen molar-refractivity contribution < 1.29 is 22.9 Å². The maximum absolute atomic E-state index is 13.6. The molecule has 1 heterocycles. The Labute approximate surface area is 208 Å². The first-order valence-corrected chi connectivity index (χ1v) is 12.7. The Bertz CT molecular complexity index is 1390. The van der Waals surface area contributed by atoms with Crippen LogP contribution < -0.4 is 9.62 Å². The number of hydrogen-bond acceptors (Lipinski definition) is 6. The lowest BCUT2D eigenvalue weighted by atomic mass is 10.1. The second kappa shape index (κ2) is 10.6. The number of likely N-dealkylation sites (tertiary alicyclic amines) is 1. The SMILES string of the molecule is O=C(CN(c1ccccc1)S(=O)(=O)c1ccccc1[N+](=O)[O-])Nc1ccccc1C(=O)N1CCCC1. The molecule has 1 fully saturated rings. The van der Waals surface area contributed by atoms with Gasteiger partial charge >= 0.3 is 0 Å². The molecule has 36 heavy (non-hydrogen) atoms. The van der Waals surface area contributed by atoms with Gasteiger partial charge in [0.05, 0.1) is 21.9 Å². The molecule has 2 amide bonds. The molecule has 1 aliphatic rings. The number of anilines is 2. The zero-order valence-electron chi connectivity index (χ0n) is 19.2. The highest BCUT2D eigenvalue weighted by atomic mass is 32.2. The topological polar surface area (TPSA) is 130 Å². The number of nitro benzene ring substituents is 1. The minimum atomic E-state index is -4.50. The van der Waals surface area contributed by atoms with Gasteiger partial charge in [0.2, 0.25) is 5.91 Å². The van der Waals surface area contributed by atoms with E-state index in [1.807, 2.05) is 0 Å². The van der Waals surface area contributed by atoms with Crippen LogP contribution in [0.3, 0.4) is 0 Å². The molecule has 0 saturated carbocycles. The molecule has 10 nitrogen and oxygen atoms in total. The Morgan fingerprint density at radius 3 is 2.22 bits per heavy atom. The number of carbonyl (C=O) groups is 2. The van der Waals surface area contributed by atoms with Crippen LogP contribution in [0.2, 0.25) is 0 Å². The highest BCUT2D eigenvalue weighted by molar-refractivity contribution is 7.93. The number of nitro groups is 1. The normalized spacial score (nSPS) is 13.3. The third-order valence-electron chi connectivity index (χ3n) is 5.79. The van der Waals surface area contributed by atoms with Gasteiger partial charge < -0.3 is 10.2 Å². The Morgan fingerprint density at radius 1 is 0.917 bits per heavy atom. The van der Waals surface area contributed by atoms with Gasteiger partial charge in [-0.15, -0.1) is 0 Å². The number of hydrogen-bond donors (Lipinski definition) is 1. The van der Waals surface area contributed by atoms with Crippen LogP contribution in [-0.4, -0.2) is 49.7 Å². The monoisotopic (exact) mass is 508 g/mol. The van der Waals surface area contributed by atoms with E-state index in [4.69, 9.17) is 0 Å². The minimum Gasteiger partial charge on any atom is -0.339 e. The minimum absolute atomic E-state index is 0.159. The van der Waals surface area contributed by atoms with E-state index < -0.39 is 38.0 Å². The van der Waals surface area contributed by atoms with Crippen LogP contribution in [0.5, 0.6) is 0 Å². The van der Waals surface area contributed by atoms with E-state index >= 15 is 0 Å². The first-order valence-electron chi connectivity index (χ1n) is 11.3. The number of carbonyl (C=O) groups excluding carboxylic acids is 2. The molecule has 0 aromatic heterocycles. The van der Waals surface area contributed by atoms with Gasteiger partial charge in [-0.25, -0.2) is 8.42 Å². The van der Waals surface area contributed by atoms with Gasteiger partial charge in [-0.3, -0.25) is 24.0 Å². The van der Waals surface area contributed by atoms with Crippen molar-refractivity contribution in [3.8, 4) is 0 Å². The van der Waals surface area contributed by atoms with Crippen LogP contribution in [0.15, 0.2) is 83.8 Å². The van der Waals surface area contributed by atoms with Gasteiger partial charge in [0.1, 0.15) is 6.54 Å². The van der Waals surface area contributed by atoms with Gasteiger partial charge in [-0.05, 0) is 43.2 Å². The van der Waals surface area contributed by atoms with Crippen molar-refractivity contribution in [2.75, 3.05) is 29.3 Å². The number of benzene rings is 3. The standard InChI is InChI=1S/C25H24N4O6S/c30-24(26-21-13-5-4-12-20(21)25(31)27-16-8-9-17-27)18-28(19-10-2-1-3-11-19)36(34,35)23-15-7-6-14-22(23)29(32)33/h1-7,10-15H,8-9,16-18H2,(H,26,30). The number of para-hydroxylation sites is 3. The van der Waals surface area contributed by atoms with Crippen molar-refractivity contribution in [2.24, 2.45) is 0 Å². The Balaban J connectivity index is 1.65. The summed E-state index contributed by atoms with van der Waals surface area (Å²) in [6.45, 7) is 0.610. The van der Waals surface area contributed by atoms with Crippen LogP contribution >= 0.6 is 0 Å². The highest BCUT2D eigenvalue weighted by Crippen LogP contribution is 2.30. The van der Waals surface area contributed by atoms with E-state index in [9.17, 15) is 28.1 Å². The molecule has 11 heteroatoms. The fourth-order valence-electron chi connectivity index (χ4n) is 4.04. The van der Waals surface area contributed by atoms with Crippen molar-refractivity contribution in [3.05, 3.63) is 94.5 Å². The molecule has 0 bridgehead atoms. The number of amides is 2. The molecular formula is C25H24N4O6S. The lowest BCUT2D eigenvalue weighted by Crippen LogP contribution is -2.38. The molecule has 0 radical (unpaired) electrons. The zero-order valence-corrected chi connectivity index (χ0v) is 20.1. The summed E-state index contributed by atoms with van der Waals surface area (Å²) in [5.74, 6) is -0.918. The summed E-state index contributed by atoms with van der Waals surface area (Å²) in [6.07, 6.45) is 1.82. The third kappa shape index (κ3) is 5.20. The van der Waals surface area contributed by atoms with Crippen LogP contribution in [0.25, 0.3) is 0 Å². The Kier molecular flexibility index (Phi) is 7.30. The summed E-state index contributed by atoms with van der Waals surface area (Å²) in [7, 11) is -4.50. The molecule has 0 spiro atoms. The second-order valence-corrected chi connectivity index (χ2v) is 10.00. The summed E-state index contributed by atoms with van der Waals surface area (Å²) in [5, 5.41) is 14.2. The van der Waals surface area contributed by atoms with Gasteiger partial charge in [0, 0.05) is 19.2 Å². The predicted molar refractivity (Wildman–Crippen MR) is 134 cm³/mol. The van der Waals surface area contributed by atoms with E-state index in [-0.39, 0.29) is 17.3 Å². The Hall–Kier alpha value is -4.25. The lowest BCUT2D eigenvalue weighted by molar-refractivity contribution is -0.387. The fraction of sp³-hybridized carbons (Fsp3) is 0.200. The average Bonchev–Trinajstić information content (AvgIpc) is 3.43. The van der Waals surface area contributed by atoms with E-state index in [0.29, 0.717) is 18.7 Å². The maximum Gasteiger partial charge on any atom is 0.289 e. The third-order valence-corrected chi connectivity index (χ3v) is 7.61. The molecule has 1 aliphatic heterocycles. The molecule has 0 atom stereocenters. The van der Waals surface area contributed by atoms with Crippen molar-refractivity contribution in [2.45, 2.75) is 17.7 Å². The van der Waals surface area contributed by atoms with E-state index in [1.165, 1.54) is 24.3 Å². The fourth-order valence-corrected chi connectivity index (χ4v) is 5.62. The van der Waals surface area contributed by atoms with E-state index in [2.05, 4.69) is 5.32 Å². The van der Waals surface area contributed by atoms with Gasteiger partial charge in [-0.1, -0.05) is 42.5 Å². The molecule has 3 aromatic rings. The molecule has 186 valence electrons. The number of nitrogens with one attached hydrogen (secondary N) is 1. The Morgan fingerprint density at radius 2 is 1.53 bits per heavy atom. The quantitative estimate of drug-likeness (QED) is 0.365. The first-order chi connectivity index (χ1) is 17.3. The number of nitrogens with zero attached hydrogens (tertiary/aromatic N) is 3. The van der Waals surface area contributed by atoms with Crippen molar-refractivity contribution >= 4 is 38.9 Å². The van der Waals surface area contributed by atoms with Crippen LogP contribution in [0, 0.1) is 10.1 Å². The predicted octanol–water partition coefficient (Wildman–Crippen LogP) is 3.66. The van der Waals surface area contributed by atoms with Gasteiger partial charge in [0.25, 0.3) is 21.6 Å². The summed E-state index contributed by atoms with van der Waals surface area (Å²) in [4.78, 5) is 38.0. The molecule has 0 aliphatic carbocycles. The van der Waals surface area contributed by atoms with E-state index in [1.54, 1.807) is 47.4 Å². The van der Waals surface area contributed by atoms with Gasteiger partial charge in [0.15, 0.2) is 4.90 Å². The maximum atomic E-state index is 13.6. The lowest BCUT2D eigenvalue weighted by Gasteiger charge is -2.24. The summed E-state index contributed by atoms with van der Waals surface area (Å²) < 4.78 is 28.0. The molecule has 3 aromatic carbocycles. The van der Waals surface area contributed by atoms with E-state index in [0.717, 1.165) is 29.3 Å². The molecule has 1 N–H and O–H groups in total. The number of sulfonamides is 1.